The van der Waals surface area contributed by atoms with Crippen molar-refractivity contribution in [1.29, 1.82) is 0 Å². The Hall–Kier alpha value is -2.71. The van der Waals surface area contributed by atoms with Gasteiger partial charge in [0, 0.05) is 17.7 Å². The predicted molar refractivity (Wildman–Crippen MR) is 137 cm³/mol. The van der Waals surface area contributed by atoms with E-state index in [1.54, 1.807) is 9.42 Å². The lowest BCUT2D eigenvalue weighted by atomic mass is 9.91. The van der Waals surface area contributed by atoms with E-state index in [9.17, 15) is 9.18 Å². The topological polar surface area (TPSA) is 63.0 Å². The van der Waals surface area contributed by atoms with E-state index in [0.29, 0.717) is 35.5 Å². The number of benzene rings is 1. The molecule has 3 aromatic rings. The minimum Gasteiger partial charge on any atom is -0.489 e. The van der Waals surface area contributed by atoms with Gasteiger partial charge in [-0.2, -0.15) is 5.10 Å². The van der Waals surface area contributed by atoms with E-state index < -0.39 is 5.82 Å². The monoisotopic (exact) mass is 513 g/mol. The Morgan fingerprint density at radius 3 is 2.58 bits per heavy atom. The van der Waals surface area contributed by atoms with Gasteiger partial charge >= 0.3 is 0 Å². The molecule has 0 spiro atoms. The smallest absolute Gasteiger partial charge is 0.258 e. The highest BCUT2D eigenvalue weighted by Gasteiger charge is 2.33. The number of rotatable bonds is 6. The van der Waals surface area contributed by atoms with Crippen LogP contribution in [0.25, 0.3) is 5.65 Å². The van der Waals surface area contributed by atoms with Gasteiger partial charge in [-0.3, -0.25) is 4.79 Å². The predicted octanol–water partition coefficient (Wildman–Crippen LogP) is 5.33. The zero-order chi connectivity index (χ0) is 25.6. The number of aromatic nitrogens is 3. The molecule has 1 amide bonds. The molecule has 1 aliphatic carbocycles. The largest absolute Gasteiger partial charge is 0.489 e. The molecule has 36 heavy (non-hydrogen) atoms. The Kier molecular flexibility index (Phi) is 6.92. The fourth-order valence-corrected chi connectivity index (χ4v) is 5.77. The number of carbonyl (C=O) groups excluding carboxylic acids is 1. The third-order valence-electron chi connectivity index (χ3n) is 7.68. The Bertz CT molecular complexity index is 1300. The molecule has 1 aromatic carbocycles. The van der Waals surface area contributed by atoms with Crippen LogP contribution in [0.4, 0.5) is 4.39 Å². The molecule has 2 aliphatic rings. The molecular formula is C27H33ClFN5O2. The van der Waals surface area contributed by atoms with Gasteiger partial charge < -0.3 is 14.5 Å². The summed E-state index contributed by atoms with van der Waals surface area (Å²) in [5.74, 6) is -0.283. The maximum Gasteiger partial charge on any atom is 0.258 e. The van der Waals surface area contributed by atoms with Gasteiger partial charge in [0.25, 0.3) is 5.91 Å². The second kappa shape index (κ2) is 9.98. The van der Waals surface area contributed by atoms with Gasteiger partial charge in [0.05, 0.1) is 46.9 Å². The first kappa shape index (κ1) is 25.0. The van der Waals surface area contributed by atoms with Crippen molar-refractivity contribution in [2.24, 2.45) is 0 Å². The summed E-state index contributed by atoms with van der Waals surface area (Å²) in [6, 6.07) is 4.75. The summed E-state index contributed by atoms with van der Waals surface area (Å²) in [4.78, 5) is 22.4. The first-order chi connectivity index (χ1) is 17.3. The van der Waals surface area contributed by atoms with Crippen LogP contribution >= 0.6 is 11.6 Å². The van der Waals surface area contributed by atoms with E-state index in [4.69, 9.17) is 16.3 Å². The second-order valence-corrected chi connectivity index (χ2v) is 10.2. The standard InChI is InChI=1S/C27H33ClFN5O2/c1-5-32(6-2)19-8-10-20(11-9-19)36-24-13-18(29)7-12-21(24)27(35)33-14-22-23(15-33)31-34-17(4)25(28)16(3)30-26(22)34/h7,12-13,19-20H,5-6,8-11,14-15H2,1-4H3. The van der Waals surface area contributed by atoms with Crippen LogP contribution in [0.3, 0.4) is 0 Å². The maximum absolute atomic E-state index is 14.2. The van der Waals surface area contributed by atoms with Crippen LogP contribution in [0.5, 0.6) is 5.75 Å². The highest BCUT2D eigenvalue weighted by atomic mass is 35.5. The number of halogens is 2. The van der Waals surface area contributed by atoms with Crippen LogP contribution in [-0.4, -0.2) is 55.5 Å². The van der Waals surface area contributed by atoms with Gasteiger partial charge in [0.15, 0.2) is 5.65 Å². The van der Waals surface area contributed by atoms with Crippen molar-refractivity contribution in [3.63, 3.8) is 0 Å². The number of hydrogen-bond donors (Lipinski definition) is 0. The van der Waals surface area contributed by atoms with Crippen molar-refractivity contribution in [2.45, 2.75) is 78.6 Å². The molecule has 2 aromatic heterocycles. The number of fused-ring (bicyclic) bond motifs is 3. The molecule has 0 atom stereocenters. The van der Waals surface area contributed by atoms with E-state index in [-0.39, 0.29) is 12.0 Å². The Balaban J connectivity index is 1.33. The lowest BCUT2D eigenvalue weighted by Gasteiger charge is -2.36. The molecular weight excluding hydrogens is 481 g/mol. The summed E-state index contributed by atoms with van der Waals surface area (Å²) in [6.45, 7) is 11.0. The molecule has 0 saturated heterocycles. The molecule has 3 heterocycles. The minimum atomic E-state index is -0.409. The fourth-order valence-electron chi connectivity index (χ4n) is 5.65. The molecule has 9 heteroatoms. The van der Waals surface area contributed by atoms with E-state index in [1.807, 2.05) is 13.8 Å². The minimum absolute atomic E-state index is 0.0231. The number of nitrogens with zero attached hydrogens (tertiary/aromatic N) is 5. The van der Waals surface area contributed by atoms with E-state index in [0.717, 1.165) is 67.1 Å². The quantitative estimate of drug-likeness (QED) is 0.446. The van der Waals surface area contributed by atoms with Gasteiger partial charge in [-0.15, -0.1) is 0 Å². The van der Waals surface area contributed by atoms with Gasteiger partial charge in [0.2, 0.25) is 0 Å². The highest BCUT2D eigenvalue weighted by molar-refractivity contribution is 6.31. The number of carbonyl (C=O) groups is 1. The summed E-state index contributed by atoms with van der Waals surface area (Å²) < 4.78 is 22.2. The number of aryl methyl sites for hydroxylation is 2. The van der Waals surface area contributed by atoms with Gasteiger partial charge in [-0.1, -0.05) is 25.4 Å². The number of hydrogen-bond acceptors (Lipinski definition) is 5. The van der Waals surface area contributed by atoms with Crippen molar-refractivity contribution in [1.82, 2.24) is 24.4 Å². The molecule has 0 N–H and O–H groups in total. The Labute approximate surface area is 216 Å². The normalized spacial score (nSPS) is 19.8. The third-order valence-corrected chi connectivity index (χ3v) is 8.23. The van der Waals surface area contributed by atoms with Crippen LogP contribution in [-0.2, 0) is 13.1 Å². The molecule has 1 saturated carbocycles. The van der Waals surface area contributed by atoms with E-state index in [1.165, 1.54) is 18.2 Å². The SMILES string of the molecule is CCN(CC)C1CCC(Oc2cc(F)ccc2C(=O)N2Cc3nn4c(C)c(Cl)c(C)nc4c3C2)CC1. The number of ether oxygens (including phenoxy) is 1. The van der Waals surface area contributed by atoms with Crippen LogP contribution in [0.1, 0.15) is 72.5 Å². The van der Waals surface area contributed by atoms with Crippen LogP contribution in [0.15, 0.2) is 18.2 Å². The van der Waals surface area contributed by atoms with Crippen molar-refractivity contribution in [3.05, 3.63) is 57.2 Å². The van der Waals surface area contributed by atoms with Crippen LogP contribution < -0.4 is 4.74 Å². The van der Waals surface area contributed by atoms with E-state index in [2.05, 4.69) is 28.8 Å². The van der Waals surface area contributed by atoms with Crippen molar-refractivity contribution in [3.8, 4) is 5.75 Å². The third kappa shape index (κ3) is 4.45. The van der Waals surface area contributed by atoms with Gasteiger partial charge in [0.1, 0.15) is 11.6 Å². The molecule has 0 bridgehead atoms. The summed E-state index contributed by atoms with van der Waals surface area (Å²) in [5, 5.41) is 5.26. The first-order valence-corrected chi connectivity index (χ1v) is 13.2. The average Bonchev–Trinajstić information content (AvgIpc) is 3.43. The molecule has 0 radical (unpaired) electrons. The molecule has 192 valence electrons. The Morgan fingerprint density at radius 1 is 1.17 bits per heavy atom. The summed E-state index contributed by atoms with van der Waals surface area (Å²) in [5.41, 5.74) is 4.40. The number of amides is 1. The fraction of sp³-hybridized carbons (Fsp3) is 0.519. The van der Waals surface area contributed by atoms with Gasteiger partial charge in [-0.05, 0) is 64.8 Å². The molecule has 1 aliphatic heterocycles. The van der Waals surface area contributed by atoms with E-state index >= 15 is 0 Å². The second-order valence-electron chi connectivity index (χ2n) is 9.83. The first-order valence-electron chi connectivity index (χ1n) is 12.8. The van der Waals surface area contributed by atoms with Crippen molar-refractivity contribution >= 4 is 23.2 Å². The van der Waals surface area contributed by atoms with Crippen molar-refractivity contribution < 1.29 is 13.9 Å². The molecule has 1 fully saturated rings. The van der Waals surface area contributed by atoms with Crippen molar-refractivity contribution in [2.75, 3.05) is 13.1 Å². The molecule has 5 rings (SSSR count). The molecule has 7 nitrogen and oxygen atoms in total. The Morgan fingerprint density at radius 2 is 1.89 bits per heavy atom. The van der Waals surface area contributed by atoms with Gasteiger partial charge in [-0.25, -0.2) is 13.9 Å². The lowest BCUT2D eigenvalue weighted by molar-refractivity contribution is 0.0724. The lowest BCUT2D eigenvalue weighted by Crippen LogP contribution is -2.40. The zero-order valence-electron chi connectivity index (χ0n) is 21.4. The summed E-state index contributed by atoms with van der Waals surface area (Å²) in [6.07, 6.45) is 3.85. The van der Waals surface area contributed by atoms with Crippen LogP contribution in [0.2, 0.25) is 5.02 Å². The average molecular weight is 514 g/mol. The highest BCUT2D eigenvalue weighted by Crippen LogP contribution is 2.33. The van der Waals surface area contributed by atoms with Crippen LogP contribution in [0, 0.1) is 19.7 Å². The zero-order valence-corrected chi connectivity index (χ0v) is 22.1. The molecule has 0 unspecified atom stereocenters. The summed E-state index contributed by atoms with van der Waals surface area (Å²) >= 11 is 6.35. The summed E-state index contributed by atoms with van der Waals surface area (Å²) in [7, 11) is 0. The maximum atomic E-state index is 14.2.